The van der Waals surface area contributed by atoms with Crippen LogP contribution >= 0.6 is 0 Å². The lowest BCUT2D eigenvalue weighted by molar-refractivity contribution is -0.106. The van der Waals surface area contributed by atoms with Crippen LogP contribution in [0.1, 0.15) is 58.9 Å². The van der Waals surface area contributed by atoms with Crippen molar-refractivity contribution in [3.05, 3.63) is 29.8 Å². The largest absolute Gasteiger partial charge is 0.494 e. The second-order valence-electron chi connectivity index (χ2n) is 9.10. The van der Waals surface area contributed by atoms with Gasteiger partial charge in [0.2, 0.25) is 0 Å². The van der Waals surface area contributed by atoms with E-state index in [2.05, 4.69) is 39.8 Å². The Kier molecular flexibility index (Phi) is 3.35. The SMILES string of the molecule is CC1(C)OB(c2ccc(C3(N)CC(O)(C4CC4)C3)cc2)OC1(C)C. The van der Waals surface area contributed by atoms with Gasteiger partial charge in [-0.2, -0.15) is 0 Å². The van der Waals surface area contributed by atoms with Crippen LogP contribution in [0.5, 0.6) is 0 Å². The molecule has 1 aromatic carbocycles. The summed E-state index contributed by atoms with van der Waals surface area (Å²) >= 11 is 0. The van der Waals surface area contributed by atoms with Gasteiger partial charge in [0.1, 0.15) is 0 Å². The fourth-order valence-electron chi connectivity index (χ4n) is 4.11. The van der Waals surface area contributed by atoms with Gasteiger partial charge in [-0.05, 0) is 70.3 Å². The first kappa shape index (κ1) is 16.6. The Morgan fingerprint density at radius 3 is 1.96 bits per heavy atom. The Morgan fingerprint density at radius 2 is 1.50 bits per heavy atom. The normalized spacial score (nSPS) is 37.3. The molecule has 0 amide bonds. The van der Waals surface area contributed by atoms with Gasteiger partial charge in [-0.3, -0.25) is 0 Å². The highest BCUT2D eigenvalue weighted by molar-refractivity contribution is 6.62. The van der Waals surface area contributed by atoms with Crippen LogP contribution in [0.3, 0.4) is 0 Å². The molecule has 0 radical (unpaired) electrons. The molecule has 24 heavy (non-hydrogen) atoms. The highest BCUT2D eigenvalue weighted by Gasteiger charge is 2.59. The van der Waals surface area contributed by atoms with Gasteiger partial charge in [-0.25, -0.2) is 0 Å². The van der Waals surface area contributed by atoms with Crippen molar-refractivity contribution in [2.45, 2.75) is 75.7 Å². The van der Waals surface area contributed by atoms with Crippen LogP contribution in [0.2, 0.25) is 0 Å². The number of hydrogen-bond acceptors (Lipinski definition) is 4. The molecule has 2 aliphatic carbocycles. The molecule has 0 atom stereocenters. The van der Waals surface area contributed by atoms with Crippen molar-refractivity contribution >= 4 is 12.6 Å². The minimum absolute atomic E-state index is 0.333. The van der Waals surface area contributed by atoms with Gasteiger partial charge in [0.15, 0.2) is 0 Å². The van der Waals surface area contributed by atoms with E-state index < -0.39 is 11.1 Å². The zero-order chi connectivity index (χ0) is 17.4. The van der Waals surface area contributed by atoms with Gasteiger partial charge in [0.05, 0.1) is 16.8 Å². The average molecular weight is 329 g/mol. The molecule has 130 valence electrons. The molecule has 1 heterocycles. The van der Waals surface area contributed by atoms with Crippen LogP contribution in [-0.2, 0) is 14.8 Å². The summed E-state index contributed by atoms with van der Waals surface area (Å²) in [7, 11) is -0.345. The third-order valence-electron chi connectivity index (χ3n) is 6.59. The van der Waals surface area contributed by atoms with Crippen LogP contribution in [0.15, 0.2) is 24.3 Å². The minimum Gasteiger partial charge on any atom is -0.399 e. The standard InChI is InChI=1S/C19H28BNO3/c1-16(2)17(3,4)24-20(23-16)15-9-7-13(8-10-15)18(21)11-19(22,12-18)14-5-6-14/h7-10,14,22H,5-6,11-12,21H2,1-4H3. The first-order chi connectivity index (χ1) is 11.0. The summed E-state index contributed by atoms with van der Waals surface area (Å²) in [4.78, 5) is 0. The number of nitrogens with two attached hydrogens (primary N) is 1. The van der Waals surface area contributed by atoms with E-state index in [1.165, 1.54) is 0 Å². The van der Waals surface area contributed by atoms with Crippen LogP contribution in [0, 0.1) is 5.92 Å². The Hall–Kier alpha value is -0.875. The lowest BCUT2D eigenvalue weighted by atomic mass is 9.60. The van der Waals surface area contributed by atoms with Crippen molar-refractivity contribution in [3.63, 3.8) is 0 Å². The van der Waals surface area contributed by atoms with Crippen LogP contribution in [-0.4, -0.2) is 29.0 Å². The topological polar surface area (TPSA) is 64.7 Å². The summed E-state index contributed by atoms with van der Waals surface area (Å²) in [5.41, 5.74) is 7.04. The van der Waals surface area contributed by atoms with E-state index >= 15 is 0 Å². The van der Waals surface area contributed by atoms with E-state index in [1.54, 1.807) is 0 Å². The summed E-state index contributed by atoms with van der Waals surface area (Å²) < 4.78 is 12.2. The molecule has 2 saturated carbocycles. The Bertz CT molecular complexity index is 629. The first-order valence-corrected chi connectivity index (χ1v) is 9.02. The van der Waals surface area contributed by atoms with Crippen molar-refractivity contribution in [1.82, 2.24) is 0 Å². The predicted molar refractivity (Wildman–Crippen MR) is 94.9 cm³/mol. The number of hydrogen-bond donors (Lipinski definition) is 2. The van der Waals surface area contributed by atoms with Gasteiger partial charge in [-0.1, -0.05) is 24.3 Å². The second kappa shape index (κ2) is 4.85. The van der Waals surface area contributed by atoms with E-state index in [9.17, 15) is 5.11 Å². The first-order valence-electron chi connectivity index (χ1n) is 9.02. The lowest BCUT2D eigenvalue weighted by Gasteiger charge is -2.52. The minimum atomic E-state index is -0.529. The molecule has 0 unspecified atom stereocenters. The van der Waals surface area contributed by atoms with Crippen LogP contribution in [0.4, 0.5) is 0 Å². The van der Waals surface area contributed by atoms with E-state index in [0.29, 0.717) is 18.8 Å². The molecule has 4 nitrogen and oxygen atoms in total. The summed E-state index contributed by atoms with van der Waals surface area (Å²) in [5, 5.41) is 10.6. The number of rotatable bonds is 3. The number of benzene rings is 1. The average Bonchev–Trinajstić information content (AvgIpc) is 3.26. The molecule has 0 aromatic heterocycles. The van der Waals surface area contributed by atoms with Gasteiger partial charge in [-0.15, -0.1) is 0 Å². The lowest BCUT2D eigenvalue weighted by Crippen LogP contribution is -2.60. The Morgan fingerprint density at radius 1 is 1.00 bits per heavy atom. The van der Waals surface area contributed by atoms with Gasteiger partial charge < -0.3 is 20.1 Å². The monoisotopic (exact) mass is 329 g/mol. The predicted octanol–water partition coefficient (Wildman–Crippen LogP) is 2.07. The molecular weight excluding hydrogens is 301 g/mol. The molecule has 0 bridgehead atoms. The zero-order valence-electron chi connectivity index (χ0n) is 15.1. The highest BCUT2D eigenvalue weighted by Crippen LogP contribution is 2.56. The van der Waals surface area contributed by atoms with Crippen molar-refractivity contribution in [1.29, 1.82) is 0 Å². The van der Waals surface area contributed by atoms with E-state index in [-0.39, 0.29) is 18.3 Å². The van der Waals surface area contributed by atoms with Crippen LogP contribution < -0.4 is 11.2 Å². The van der Waals surface area contributed by atoms with Gasteiger partial charge in [0, 0.05) is 5.54 Å². The molecule has 1 aromatic rings. The van der Waals surface area contributed by atoms with Gasteiger partial charge in [0.25, 0.3) is 0 Å². The van der Waals surface area contributed by atoms with Crippen LogP contribution in [0.25, 0.3) is 0 Å². The fraction of sp³-hybridized carbons (Fsp3) is 0.684. The van der Waals surface area contributed by atoms with Crippen molar-refractivity contribution in [2.24, 2.45) is 11.7 Å². The molecule has 1 saturated heterocycles. The highest BCUT2D eigenvalue weighted by atomic mass is 16.7. The van der Waals surface area contributed by atoms with Crippen molar-refractivity contribution < 1.29 is 14.4 Å². The van der Waals surface area contributed by atoms with Crippen molar-refractivity contribution in [2.75, 3.05) is 0 Å². The molecule has 5 heteroatoms. The maximum absolute atomic E-state index is 10.6. The summed E-state index contributed by atoms with van der Waals surface area (Å²) in [6, 6.07) is 8.21. The Balaban J connectivity index is 1.48. The summed E-state index contributed by atoms with van der Waals surface area (Å²) in [5.74, 6) is 0.471. The van der Waals surface area contributed by atoms with Gasteiger partial charge >= 0.3 is 7.12 Å². The molecule has 3 N–H and O–H groups in total. The van der Waals surface area contributed by atoms with E-state index in [1.807, 2.05) is 12.1 Å². The maximum atomic E-state index is 10.6. The third-order valence-corrected chi connectivity index (χ3v) is 6.59. The Labute approximate surface area is 144 Å². The molecule has 4 rings (SSSR count). The maximum Gasteiger partial charge on any atom is 0.494 e. The molecule has 3 aliphatic rings. The molecular formula is C19H28BNO3. The summed E-state index contributed by atoms with van der Waals surface area (Å²) in [6.07, 6.45) is 3.63. The molecule has 0 spiro atoms. The van der Waals surface area contributed by atoms with E-state index in [4.69, 9.17) is 15.0 Å². The number of aliphatic hydroxyl groups is 1. The molecule has 3 fully saturated rings. The summed E-state index contributed by atoms with van der Waals surface area (Å²) in [6.45, 7) is 8.24. The fourth-order valence-corrected chi connectivity index (χ4v) is 4.11. The smallest absolute Gasteiger partial charge is 0.399 e. The molecule has 1 aliphatic heterocycles. The van der Waals surface area contributed by atoms with Crippen molar-refractivity contribution in [3.8, 4) is 0 Å². The van der Waals surface area contributed by atoms with E-state index in [0.717, 1.165) is 23.9 Å². The third kappa shape index (κ3) is 2.45. The zero-order valence-corrected chi connectivity index (χ0v) is 15.1. The second-order valence-corrected chi connectivity index (χ2v) is 9.10. The quantitative estimate of drug-likeness (QED) is 0.834.